The maximum atomic E-state index is 9.83. The Kier molecular flexibility index (Phi) is 4.24. The minimum Gasteiger partial charge on any atom is -0.504 e. The van der Waals surface area contributed by atoms with E-state index in [0.717, 1.165) is 5.56 Å². The second-order valence-corrected chi connectivity index (χ2v) is 4.10. The van der Waals surface area contributed by atoms with Gasteiger partial charge in [0.25, 0.3) is 0 Å². The summed E-state index contributed by atoms with van der Waals surface area (Å²) < 4.78 is 5.02. The molecule has 0 aliphatic carbocycles. The van der Waals surface area contributed by atoms with E-state index in [1.54, 1.807) is 12.1 Å². The van der Waals surface area contributed by atoms with Crippen LogP contribution in [0, 0.1) is 5.92 Å². The normalized spacial score (nSPS) is 12.5. The first kappa shape index (κ1) is 12.1. The van der Waals surface area contributed by atoms with Crippen molar-refractivity contribution in [2.24, 2.45) is 11.7 Å². The summed E-state index contributed by atoms with van der Waals surface area (Å²) in [4.78, 5) is 0. The molecule has 0 spiro atoms. The number of hydrogen-bond donors (Lipinski definition) is 2. The summed E-state index contributed by atoms with van der Waals surface area (Å²) in [5.74, 6) is 0.864. The fourth-order valence-electron chi connectivity index (χ4n) is 1.40. The Morgan fingerprint density at radius 2 is 2.20 bits per heavy atom. The summed E-state index contributed by atoms with van der Waals surface area (Å²) in [5.41, 5.74) is 6.31. The summed E-state index contributed by atoms with van der Waals surface area (Å²) in [7, 11) is 1.50. The lowest BCUT2D eigenvalue weighted by atomic mass is 10.0. The van der Waals surface area contributed by atoms with Gasteiger partial charge in [0.1, 0.15) is 0 Å². The zero-order valence-corrected chi connectivity index (χ0v) is 9.71. The van der Waals surface area contributed by atoms with Gasteiger partial charge in [0.15, 0.2) is 11.5 Å². The number of benzene rings is 1. The molecule has 0 heterocycles. The molecule has 0 saturated heterocycles. The van der Waals surface area contributed by atoms with Gasteiger partial charge < -0.3 is 15.6 Å². The van der Waals surface area contributed by atoms with Crippen LogP contribution in [0.5, 0.6) is 11.5 Å². The van der Waals surface area contributed by atoms with Crippen molar-refractivity contribution in [3.05, 3.63) is 22.7 Å². The van der Waals surface area contributed by atoms with Crippen molar-refractivity contribution < 1.29 is 9.84 Å². The third-order valence-corrected chi connectivity index (χ3v) is 2.53. The monoisotopic (exact) mass is 229 g/mol. The number of rotatable bonds is 4. The van der Waals surface area contributed by atoms with E-state index in [4.69, 9.17) is 22.1 Å². The lowest BCUT2D eigenvalue weighted by molar-refractivity contribution is 0.369. The number of phenolic OH excluding ortho intramolecular Hbond substituents is 1. The number of aromatic hydroxyl groups is 1. The summed E-state index contributed by atoms with van der Waals surface area (Å²) in [6.45, 7) is 2.60. The minimum absolute atomic E-state index is 0.155. The second-order valence-electron chi connectivity index (χ2n) is 3.66. The molecule has 0 aliphatic heterocycles. The molecule has 0 fully saturated rings. The van der Waals surface area contributed by atoms with Crippen molar-refractivity contribution >= 4 is 11.6 Å². The number of nitrogens with two attached hydrogens (primary N) is 1. The van der Waals surface area contributed by atoms with Crippen LogP contribution in [0.2, 0.25) is 5.02 Å². The highest BCUT2D eigenvalue weighted by atomic mass is 35.5. The summed E-state index contributed by atoms with van der Waals surface area (Å²) in [6, 6.07) is 3.33. The molecule has 1 aromatic carbocycles. The number of halogens is 1. The Balaban J connectivity index is 3.01. The maximum Gasteiger partial charge on any atom is 0.162 e. The SMILES string of the molecule is COc1cc(Cl)cc(CC(C)CN)c1O. The standard InChI is InChI=1S/C11H16ClNO2/c1-7(6-13)3-8-4-9(12)5-10(15-2)11(8)14/h4-5,7,14H,3,6,13H2,1-2H3. The molecular formula is C11H16ClNO2. The van der Waals surface area contributed by atoms with Gasteiger partial charge >= 0.3 is 0 Å². The van der Waals surface area contributed by atoms with Gasteiger partial charge in [-0.1, -0.05) is 18.5 Å². The predicted molar refractivity (Wildman–Crippen MR) is 61.6 cm³/mol. The fourth-order valence-corrected chi connectivity index (χ4v) is 1.63. The molecule has 84 valence electrons. The van der Waals surface area contributed by atoms with Crippen LogP contribution in [0.1, 0.15) is 12.5 Å². The Morgan fingerprint density at radius 1 is 1.53 bits per heavy atom. The molecule has 0 bridgehead atoms. The molecule has 0 aromatic heterocycles. The summed E-state index contributed by atoms with van der Waals surface area (Å²) in [6.07, 6.45) is 0.694. The number of methoxy groups -OCH3 is 1. The summed E-state index contributed by atoms with van der Waals surface area (Å²) >= 11 is 5.91. The lowest BCUT2D eigenvalue weighted by Gasteiger charge is -2.12. The second kappa shape index (κ2) is 5.24. The smallest absolute Gasteiger partial charge is 0.162 e. The topological polar surface area (TPSA) is 55.5 Å². The van der Waals surface area contributed by atoms with E-state index in [9.17, 15) is 5.11 Å². The zero-order chi connectivity index (χ0) is 11.4. The van der Waals surface area contributed by atoms with Crippen LogP contribution in [0.25, 0.3) is 0 Å². The predicted octanol–water partition coefficient (Wildman–Crippen LogP) is 2.19. The van der Waals surface area contributed by atoms with Gasteiger partial charge in [-0.05, 0) is 30.5 Å². The first-order valence-electron chi connectivity index (χ1n) is 4.84. The third kappa shape index (κ3) is 3.01. The Bertz CT molecular complexity index is 342. The molecule has 3 N–H and O–H groups in total. The van der Waals surface area contributed by atoms with Crippen LogP contribution < -0.4 is 10.5 Å². The van der Waals surface area contributed by atoms with E-state index in [2.05, 4.69) is 0 Å². The molecule has 0 aliphatic rings. The molecule has 1 atom stereocenters. The largest absolute Gasteiger partial charge is 0.504 e. The van der Waals surface area contributed by atoms with Crippen molar-refractivity contribution in [3.8, 4) is 11.5 Å². The van der Waals surface area contributed by atoms with Gasteiger partial charge in [0.05, 0.1) is 7.11 Å². The van der Waals surface area contributed by atoms with Gasteiger partial charge in [0.2, 0.25) is 0 Å². The molecule has 0 radical (unpaired) electrons. The van der Waals surface area contributed by atoms with Crippen LogP contribution >= 0.6 is 11.6 Å². The van der Waals surface area contributed by atoms with Crippen LogP contribution in [0.3, 0.4) is 0 Å². The molecule has 1 rings (SSSR count). The van der Waals surface area contributed by atoms with Crippen molar-refractivity contribution in [2.75, 3.05) is 13.7 Å². The molecule has 0 amide bonds. The highest BCUT2D eigenvalue weighted by Crippen LogP contribution is 2.34. The Labute approximate surface area is 94.8 Å². The first-order chi connectivity index (χ1) is 7.08. The van der Waals surface area contributed by atoms with Crippen molar-refractivity contribution in [3.63, 3.8) is 0 Å². The highest BCUT2D eigenvalue weighted by molar-refractivity contribution is 6.30. The first-order valence-corrected chi connectivity index (χ1v) is 5.21. The fraction of sp³-hybridized carbons (Fsp3) is 0.455. The number of hydrogen-bond acceptors (Lipinski definition) is 3. The van der Waals surface area contributed by atoms with Gasteiger partial charge in [-0.3, -0.25) is 0 Å². The van der Waals surface area contributed by atoms with Gasteiger partial charge in [-0.15, -0.1) is 0 Å². The molecule has 1 aromatic rings. The lowest BCUT2D eigenvalue weighted by Crippen LogP contribution is -2.13. The van der Waals surface area contributed by atoms with E-state index in [1.807, 2.05) is 6.92 Å². The van der Waals surface area contributed by atoms with Crippen LogP contribution in [0.4, 0.5) is 0 Å². The Morgan fingerprint density at radius 3 is 2.73 bits per heavy atom. The van der Waals surface area contributed by atoms with Crippen LogP contribution in [-0.2, 0) is 6.42 Å². The van der Waals surface area contributed by atoms with E-state index >= 15 is 0 Å². The molecule has 1 unspecified atom stereocenters. The highest BCUT2D eigenvalue weighted by Gasteiger charge is 2.12. The van der Waals surface area contributed by atoms with E-state index in [-0.39, 0.29) is 5.75 Å². The Hall–Kier alpha value is -0.930. The van der Waals surface area contributed by atoms with E-state index in [0.29, 0.717) is 29.7 Å². The van der Waals surface area contributed by atoms with Crippen molar-refractivity contribution in [1.29, 1.82) is 0 Å². The van der Waals surface area contributed by atoms with E-state index in [1.165, 1.54) is 7.11 Å². The molecular weight excluding hydrogens is 214 g/mol. The van der Waals surface area contributed by atoms with Crippen molar-refractivity contribution in [1.82, 2.24) is 0 Å². The quantitative estimate of drug-likeness (QED) is 0.832. The average molecular weight is 230 g/mol. The van der Waals surface area contributed by atoms with Gasteiger partial charge in [-0.25, -0.2) is 0 Å². The molecule has 4 heteroatoms. The van der Waals surface area contributed by atoms with Crippen LogP contribution in [-0.4, -0.2) is 18.8 Å². The van der Waals surface area contributed by atoms with Gasteiger partial charge in [0, 0.05) is 11.1 Å². The van der Waals surface area contributed by atoms with Crippen molar-refractivity contribution in [2.45, 2.75) is 13.3 Å². The zero-order valence-electron chi connectivity index (χ0n) is 8.96. The molecule has 0 saturated carbocycles. The summed E-state index contributed by atoms with van der Waals surface area (Å²) in [5, 5.41) is 10.4. The minimum atomic E-state index is 0.155. The van der Waals surface area contributed by atoms with Gasteiger partial charge in [-0.2, -0.15) is 0 Å². The molecule has 3 nitrogen and oxygen atoms in total. The van der Waals surface area contributed by atoms with Crippen LogP contribution in [0.15, 0.2) is 12.1 Å². The number of phenols is 1. The molecule has 15 heavy (non-hydrogen) atoms. The maximum absolute atomic E-state index is 9.83. The average Bonchev–Trinajstić information content (AvgIpc) is 2.22. The van der Waals surface area contributed by atoms with E-state index < -0.39 is 0 Å². The third-order valence-electron chi connectivity index (χ3n) is 2.31. The number of ether oxygens (including phenoxy) is 1.